The van der Waals surface area contributed by atoms with Crippen LogP contribution in [0.2, 0.25) is 5.02 Å². The van der Waals surface area contributed by atoms with Crippen molar-refractivity contribution in [3.8, 4) is 0 Å². The van der Waals surface area contributed by atoms with E-state index in [2.05, 4.69) is 35.8 Å². The van der Waals surface area contributed by atoms with Crippen LogP contribution >= 0.6 is 11.6 Å². The minimum absolute atomic E-state index is 0.117. The van der Waals surface area contributed by atoms with E-state index in [9.17, 15) is 4.79 Å². The second kappa shape index (κ2) is 7.00. The van der Waals surface area contributed by atoms with Gasteiger partial charge in [0.05, 0.1) is 16.9 Å². The number of nitrogens with zero attached hydrogens (tertiary/aromatic N) is 4. The van der Waals surface area contributed by atoms with Crippen molar-refractivity contribution in [3.63, 3.8) is 0 Å². The molecule has 3 aromatic rings. The van der Waals surface area contributed by atoms with Crippen LogP contribution in [0.25, 0.3) is 11.1 Å². The van der Waals surface area contributed by atoms with Gasteiger partial charge < -0.3 is 9.73 Å². The molecule has 2 unspecified atom stereocenters. The minimum atomic E-state index is -0.590. The molecule has 1 amide bonds. The Balaban J connectivity index is 1.48. The fourth-order valence-corrected chi connectivity index (χ4v) is 3.56. The molecule has 9 nitrogen and oxygen atoms in total. The van der Waals surface area contributed by atoms with Crippen LogP contribution in [0.15, 0.2) is 44.9 Å². The molecule has 1 saturated carbocycles. The summed E-state index contributed by atoms with van der Waals surface area (Å²) < 4.78 is 5.69. The van der Waals surface area contributed by atoms with Crippen molar-refractivity contribution < 1.29 is 9.21 Å². The molecule has 1 aliphatic heterocycles. The molecule has 3 heterocycles. The molecule has 2 aliphatic rings. The summed E-state index contributed by atoms with van der Waals surface area (Å²) in [5.41, 5.74) is 2.56. The maximum atomic E-state index is 12.9. The predicted octanol–water partition coefficient (Wildman–Crippen LogP) is 3.08. The molecule has 148 valence electrons. The third-order valence-corrected chi connectivity index (χ3v) is 5.25. The third-order valence-electron chi connectivity index (χ3n) is 4.94. The van der Waals surface area contributed by atoms with Crippen LogP contribution in [-0.4, -0.2) is 38.8 Å². The number of benzene rings is 1. The lowest BCUT2D eigenvalue weighted by molar-refractivity contribution is -0.123. The van der Waals surface area contributed by atoms with Crippen LogP contribution in [-0.2, 0) is 4.79 Å². The largest absolute Gasteiger partial charge is 0.423 e. The van der Waals surface area contributed by atoms with E-state index in [1.807, 2.05) is 24.3 Å². The van der Waals surface area contributed by atoms with E-state index in [1.54, 1.807) is 6.92 Å². The van der Waals surface area contributed by atoms with Gasteiger partial charge in [-0.2, -0.15) is 10.1 Å². The number of rotatable bonds is 4. The highest BCUT2D eigenvalue weighted by atomic mass is 35.5. The monoisotopic (exact) mass is 411 g/mol. The summed E-state index contributed by atoms with van der Waals surface area (Å²) >= 11 is 6.28. The van der Waals surface area contributed by atoms with Crippen molar-refractivity contribution in [2.45, 2.75) is 31.8 Å². The zero-order valence-corrected chi connectivity index (χ0v) is 16.3. The van der Waals surface area contributed by atoms with Crippen LogP contribution in [0.3, 0.4) is 0 Å². The van der Waals surface area contributed by atoms with E-state index in [-0.39, 0.29) is 18.0 Å². The smallest absolute Gasteiger partial charge is 0.302 e. The SMILES string of the molecule is CC1=NC(Nc2nc3ccccc3o2)=NC(c2[nH]ncc2Cl)C1C(=O)NC1CC1. The molecule has 2 atom stereocenters. The Morgan fingerprint density at radius 3 is 2.86 bits per heavy atom. The average molecular weight is 412 g/mol. The normalized spacial score (nSPS) is 21.6. The molecule has 3 N–H and O–H groups in total. The summed E-state index contributed by atoms with van der Waals surface area (Å²) in [6.45, 7) is 1.80. The maximum Gasteiger partial charge on any atom is 0.302 e. The number of hydrogen-bond donors (Lipinski definition) is 3. The fraction of sp³-hybridized carbons (Fsp3) is 0.316. The van der Waals surface area contributed by atoms with Crippen LogP contribution in [0.4, 0.5) is 6.01 Å². The number of carbonyl (C=O) groups excluding carboxylic acids is 1. The van der Waals surface area contributed by atoms with Crippen molar-refractivity contribution in [2.24, 2.45) is 15.9 Å². The Bertz CT molecular complexity index is 1110. The maximum absolute atomic E-state index is 12.9. The quantitative estimate of drug-likeness (QED) is 0.609. The summed E-state index contributed by atoms with van der Waals surface area (Å²) in [6.07, 6.45) is 3.49. The van der Waals surface area contributed by atoms with E-state index in [0.717, 1.165) is 18.4 Å². The molecule has 5 rings (SSSR count). The van der Waals surface area contributed by atoms with Gasteiger partial charge in [-0.3, -0.25) is 15.2 Å². The molecule has 2 aromatic heterocycles. The first-order valence-corrected chi connectivity index (χ1v) is 9.71. The van der Waals surface area contributed by atoms with Crippen molar-refractivity contribution in [1.82, 2.24) is 20.5 Å². The van der Waals surface area contributed by atoms with Crippen molar-refractivity contribution in [2.75, 3.05) is 5.32 Å². The molecule has 1 aliphatic carbocycles. The van der Waals surface area contributed by atoms with Gasteiger partial charge in [0.2, 0.25) is 11.9 Å². The van der Waals surface area contributed by atoms with Crippen LogP contribution < -0.4 is 10.6 Å². The van der Waals surface area contributed by atoms with Gasteiger partial charge in [0, 0.05) is 11.8 Å². The number of para-hydroxylation sites is 2. The van der Waals surface area contributed by atoms with Crippen LogP contribution in [0, 0.1) is 5.92 Å². The van der Waals surface area contributed by atoms with E-state index in [0.29, 0.717) is 28.0 Å². The molecule has 10 heteroatoms. The van der Waals surface area contributed by atoms with Gasteiger partial charge in [0.25, 0.3) is 0 Å². The summed E-state index contributed by atoms with van der Waals surface area (Å²) in [4.78, 5) is 26.4. The van der Waals surface area contributed by atoms with E-state index < -0.39 is 12.0 Å². The van der Waals surface area contributed by atoms with Gasteiger partial charge in [-0.05, 0) is 31.9 Å². The Morgan fingerprint density at radius 1 is 1.31 bits per heavy atom. The number of nitrogens with one attached hydrogen (secondary N) is 3. The zero-order valence-electron chi connectivity index (χ0n) is 15.5. The topological polar surface area (TPSA) is 121 Å². The summed E-state index contributed by atoms with van der Waals surface area (Å²) in [7, 11) is 0. The summed E-state index contributed by atoms with van der Waals surface area (Å²) in [6, 6.07) is 7.36. The Morgan fingerprint density at radius 2 is 2.14 bits per heavy atom. The summed E-state index contributed by atoms with van der Waals surface area (Å²) in [5, 5.41) is 13.3. The van der Waals surface area contributed by atoms with E-state index in [4.69, 9.17) is 16.0 Å². The fourth-order valence-electron chi connectivity index (χ4n) is 3.35. The lowest BCUT2D eigenvalue weighted by Gasteiger charge is -2.26. The molecule has 0 spiro atoms. The highest BCUT2D eigenvalue weighted by Gasteiger charge is 2.39. The van der Waals surface area contributed by atoms with Gasteiger partial charge in [-0.1, -0.05) is 23.7 Å². The number of H-pyrrole nitrogens is 1. The highest BCUT2D eigenvalue weighted by molar-refractivity contribution is 6.31. The molecule has 0 bridgehead atoms. The lowest BCUT2D eigenvalue weighted by Crippen LogP contribution is -2.41. The number of carbonyl (C=O) groups is 1. The Labute approximate surface area is 170 Å². The third kappa shape index (κ3) is 3.49. The first-order valence-electron chi connectivity index (χ1n) is 9.33. The molecule has 0 saturated heterocycles. The van der Waals surface area contributed by atoms with E-state index in [1.165, 1.54) is 6.20 Å². The number of fused-ring (bicyclic) bond motifs is 1. The predicted molar refractivity (Wildman–Crippen MR) is 109 cm³/mol. The molecule has 29 heavy (non-hydrogen) atoms. The number of oxazole rings is 1. The second-order valence-electron chi connectivity index (χ2n) is 7.15. The highest BCUT2D eigenvalue weighted by Crippen LogP contribution is 2.34. The van der Waals surface area contributed by atoms with Crippen LogP contribution in [0.1, 0.15) is 31.5 Å². The van der Waals surface area contributed by atoms with Gasteiger partial charge in [-0.15, -0.1) is 0 Å². The van der Waals surface area contributed by atoms with E-state index >= 15 is 0 Å². The van der Waals surface area contributed by atoms with Crippen LogP contribution in [0.5, 0.6) is 0 Å². The first-order chi connectivity index (χ1) is 14.1. The van der Waals surface area contributed by atoms with Gasteiger partial charge in [0.15, 0.2) is 5.58 Å². The van der Waals surface area contributed by atoms with Gasteiger partial charge in [-0.25, -0.2) is 9.98 Å². The molecule has 1 fully saturated rings. The van der Waals surface area contributed by atoms with Gasteiger partial charge >= 0.3 is 6.01 Å². The second-order valence-corrected chi connectivity index (χ2v) is 7.56. The lowest BCUT2D eigenvalue weighted by atomic mass is 9.91. The number of anilines is 1. The number of aromatic amines is 1. The molecular weight excluding hydrogens is 394 g/mol. The number of halogens is 1. The van der Waals surface area contributed by atoms with Crippen molar-refractivity contribution in [3.05, 3.63) is 41.2 Å². The zero-order chi connectivity index (χ0) is 20.0. The Hall–Kier alpha value is -3.20. The molecule has 0 radical (unpaired) electrons. The molecule has 1 aromatic carbocycles. The summed E-state index contributed by atoms with van der Waals surface area (Å²) in [5.74, 6) is -0.406. The number of aromatic nitrogens is 3. The number of guanidine groups is 1. The van der Waals surface area contributed by atoms with Crippen molar-refractivity contribution in [1.29, 1.82) is 0 Å². The average Bonchev–Trinajstić information content (AvgIpc) is 3.24. The molecular formula is C19H18ClN7O2. The number of hydrogen-bond acceptors (Lipinski definition) is 7. The number of aliphatic imine (C=N–C) groups is 2. The minimum Gasteiger partial charge on any atom is -0.423 e. The van der Waals surface area contributed by atoms with Crippen molar-refractivity contribution >= 4 is 46.3 Å². The number of amides is 1. The van der Waals surface area contributed by atoms with Gasteiger partial charge in [0.1, 0.15) is 17.5 Å². The Kier molecular flexibility index (Phi) is 4.31. The first kappa shape index (κ1) is 17.9. The standard InChI is InChI=1S/C19H18ClN7O2/c1-9-14(17(28)23-10-6-7-10)16(15-11(20)8-21-27-15)25-18(22-9)26-19-24-12-4-2-3-5-13(12)29-19/h2-5,8,10,14,16H,6-7H2,1H3,(H,21,27)(H,23,28)(H,24,25,26).